The predicted octanol–water partition coefficient (Wildman–Crippen LogP) is 4.57. The molecule has 0 unspecified atom stereocenters. The Kier molecular flexibility index (Phi) is 6.89. The minimum absolute atomic E-state index is 0.00800. The molecule has 0 bridgehead atoms. The highest BCUT2D eigenvalue weighted by Crippen LogP contribution is 2.24. The standard InChI is InChI=1S/C25H28N2O4/c1-26-15-13-20(14-16-26)27(18-24-8-5-17-29-24)25(28)19-30-21-9-11-23(12-10-21)31-22-6-3-2-4-7-22/h2-12,17,20H,13-16,18-19H2,1H3. The summed E-state index contributed by atoms with van der Waals surface area (Å²) in [5.41, 5.74) is 0. The Hall–Kier alpha value is -3.25. The first-order valence-corrected chi connectivity index (χ1v) is 10.6. The third kappa shape index (κ3) is 5.89. The van der Waals surface area contributed by atoms with Crippen molar-refractivity contribution < 1.29 is 18.7 Å². The number of hydrogen-bond donors (Lipinski definition) is 0. The maximum absolute atomic E-state index is 13.1. The minimum atomic E-state index is -0.0319. The fraction of sp³-hybridized carbons (Fsp3) is 0.320. The lowest BCUT2D eigenvalue weighted by Crippen LogP contribution is -2.47. The summed E-state index contributed by atoms with van der Waals surface area (Å²) in [6.45, 7) is 2.42. The van der Waals surface area contributed by atoms with Gasteiger partial charge in [-0.15, -0.1) is 0 Å². The Morgan fingerprint density at radius 3 is 2.32 bits per heavy atom. The summed E-state index contributed by atoms with van der Waals surface area (Å²) in [5, 5.41) is 0. The zero-order valence-corrected chi connectivity index (χ0v) is 17.8. The van der Waals surface area contributed by atoms with E-state index in [0.29, 0.717) is 12.3 Å². The smallest absolute Gasteiger partial charge is 0.261 e. The van der Waals surface area contributed by atoms with E-state index in [0.717, 1.165) is 43.2 Å². The van der Waals surface area contributed by atoms with E-state index in [-0.39, 0.29) is 18.6 Å². The Balaban J connectivity index is 1.35. The molecule has 4 rings (SSSR count). The van der Waals surface area contributed by atoms with Gasteiger partial charge in [-0.1, -0.05) is 18.2 Å². The zero-order chi connectivity index (χ0) is 21.5. The number of likely N-dealkylation sites (tertiary alicyclic amines) is 1. The van der Waals surface area contributed by atoms with E-state index in [1.165, 1.54) is 0 Å². The summed E-state index contributed by atoms with van der Waals surface area (Å²) in [4.78, 5) is 17.2. The molecule has 0 atom stereocenters. The predicted molar refractivity (Wildman–Crippen MR) is 118 cm³/mol. The molecule has 0 aliphatic carbocycles. The summed E-state index contributed by atoms with van der Waals surface area (Å²) < 4.78 is 17.1. The molecule has 162 valence electrons. The Labute approximate surface area is 183 Å². The molecule has 3 aromatic rings. The van der Waals surface area contributed by atoms with Gasteiger partial charge in [0, 0.05) is 6.04 Å². The summed E-state index contributed by atoms with van der Waals surface area (Å²) in [6, 6.07) is 20.9. The Morgan fingerprint density at radius 1 is 0.968 bits per heavy atom. The number of piperidine rings is 1. The monoisotopic (exact) mass is 420 g/mol. The van der Waals surface area contributed by atoms with Crippen LogP contribution in [0.2, 0.25) is 0 Å². The average molecular weight is 421 g/mol. The molecule has 0 saturated carbocycles. The van der Waals surface area contributed by atoms with Gasteiger partial charge in [-0.25, -0.2) is 0 Å². The van der Waals surface area contributed by atoms with E-state index in [1.54, 1.807) is 6.26 Å². The van der Waals surface area contributed by atoms with Crippen molar-refractivity contribution in [3.05, 3.63) is 78.8 Å². The largest absolute Gasteiger partial charge is 0.484 e. The van der Waals surface area contributed by atoms with E-state index in [9.17, 15) is 4.79 Å². The van der Waals surface area contributed by atoms with Crippen molar-refractivity contribution in [2.45, 2.75) is 25.4 Å². The lowest BCUT2D eigenvalue weighted by atomic mass is 10.0. The Morgan fingerprint density at radius 2 is 1.65 bits per heavy atom. The molecule has 31 heavy (non-hydrogen) atoms. The molecule has 1 saturated heterocycles. The van der Waals surface area contributed by atoms with Gasteiger partial charge in [-0.3, -0.25) is 4.79 Å². The zero-order valence-electron chi connectivity index (χ0n) is 17.8. The Bertz CT molecular complexity index is 933. The highest BCUT2D eigenvalue weighted by molar-refractivity contribution is 5.78. The molecule has 2 aromatic carbocycles. The van der Waals surface area contributed by atoms with Gasteiger partial charge in [0.25, 0.3) is 5.91 Å². The van der Waals surface area contributed by atoms with E-state index < -0.39 is 0 Å². The highest BCUT2D eigenvalue weighted by Gasteiger charge is 2.28. The van der Waals surface area contributed by atoms with E-state index in [4.69, 9.17) is 13.9 Å². The normalized spacial score (nSPS) is 14.9. The lowest BCUT2D eigenvalue weighted by Gasteiger charge is -2.37. The number of ether oxygens (including phenoxy) is 2. The van der Waals surface area contributed by atoms with Gasteiger partial charge in [-0.2, -0.15) is 0 Å². The lowest BCUT2D eigenvalue weighted by molar-refractivity contribution is -0.137. The van der Waals surface area contributed by atoms with Crippen LogP contribution < -0.4 is 9.47 Å². The first-order chi connectivity index (χ1) is 15.2. The van der Waals surface area contributed by atoms with Gasteiger partial charge in [0.2, 0.25) is 0 Å². The molecule has 1 aliphatic rings. The van der Waals surface area contributed by atoms with E-state index in [1.807, 2.05) is 71.6 Å². The second kappa shape index (κ2) is 10.2. The number of furan rings is 1. The van der Waals surface area contributed by atoms with Gasteiger partial charge >= 0.3 is 0 Å². The molecule has 2 heterocycles. The third-order valence-corrected chi connectivity index (χ3v) is 5.52. The SMILES string of the molecule is CN1CCC(N(Cc2ccco2)C(=O)COc2ccc(Oc3ccccc3)cc2)CC1. The van der Waals surface area contributed by atoms with Crippen LogP contribution in [-0.4, -0.2) is 48.5 Å². The van der Waals surface area contributed by atoms with Crippen LogP contribution in [0.1, 0.15) is 18.6 Å². The van der Waals surface area contributed by atoms with Crippen molar-refractivity contribution >= 4 is 5.91 Å². The van der Waals surface area contributed by atoms with Crippen molar-refractivity contribution in [1.29, 1.82) is 0 Å². The third-order valence-electron chi connectivity index (χ3n) is 5.52. The molecule has 0 spiro atoms. The summed E-state index contributed by atoms with van der Waals surface area (Å²) in [5.74, 6) is 2.88. The molecule has 6 nitrogen and oxygen atoms in total. The fourth-order valence-electron chi connectivity index (χ4n) is 3.75. The van der Waals surface area contributed by atoms with Crippen LogP contribution in [0.15, 0.2) is 77.4 Å². The maximum atomic E-state index is 13.1. The minimum Gasteiger partial charge on any atom is -0.484 e. The van der Waals surface area contributed by atoms with Gasteiger partial charge in [0.05, 0.1) is 12.8 Å². The van der Waals surface area contributed by atoms with Crippen LogP contribution in [-0.2, 0) is 11.3 Å². The van der Waals surface area contributed by atoms with Gasteiger partial charge in [-0.05, 0) is 81.5 Å². The van der Waals surface area contributed by atoms with E-state index >= 15 is 0 Å². The van der Waals surface area contributed by atoms with Crippen LogP contribution >= 0.6 is 0 Å². The molecule has 1 aliphatic heterocycles. The van der Waals surface area contributed by atoms with Crippen LogP contribution in [0.25, 0.3) is 0 Å². The van der Waals surface area contributed by atoms with Crippen molar-refractivity contribution in [2.24, 2.45) is 0 Å². The quantitative estimate of drug-likeness (QED) is 0.534. The molecular formula is C25H28N2O4. The molecular weight excluding hydrogens is 392 g/mol. The number of benzene rings is 2. The second-order valence-electron chi connectivity index (χ2n) is 7.81. The highest BCUT2D eigenvalue weighted by atomic mass is 16.5. The first kappa shape index (κ1) is 21.0. The van der Waals surface area contributed by atoms with Crippen molar-refractivity contribution in [3.63, 3.8) is 0 Å². The summed E-state index contributed by atoms with van der Waals surface area (Å²) in [6.07, 6.45) is 3.55. The van der Waals surface area contributed by atoms with Crippen LogP contribution in [0.4, 0.5) is 0 Å². The van der Waals surface area contributed by atoms with Crippen LogP contribution in [0.3, 0.4) is 0 Å². The molecule has 6 heteroatoms. The summed E-state index contributed by atoms with van der Waals surface area (Å²) >= 11 is 0. The van der Waals surface area contributed by atoms with Crippen LogP contribution in [0, 0.1) is 0 Å². The van der Waals surface area contributed by atoms with Crippen molar-refractivity contribution in [2.75, 3.05) is 26.7 Å². The number of nitrogens with zero attached hydrogens (tertiary/aromatic N) is 2. The number of hydrogen-bond acceptors (Lipinski definition) is 5. The van der Waals surface area contributed by atoms with Gasteiger partial charge < -0.3 is 23.7 Å². The van der Waals surface area contributed by atoms with E-state index in [2.05, 4.69) is 11.9 Å². The second-order valence-corrected chi connectivity index (χ2v) is 7.81. The van der Waals surface area contributed by atoms with Gasteiger partial charge in [0.15, 0.2) is 6.61 Å². The molecule has 1 fully saturated rings. The number of carbonyl (C=O) groups is 1. The fourth-order valence-corrected chi connectivity index (χ4v) is 3.75. The number of carbonyl (C=O) groups excluding carboxylic acids is 1. The number of amides is 1. The first-order valence-electron chi connectivity index (χ1n) is 10.6. The molecule has 0 radical (unpaired) electrons. The molecule has 1 amide bonds. The number of para-hydroxylation sites is 1. The van der Waals surface area contributed by atoms with Crippen LogP contribution in [0.5, 0.6) is 17.2 Å². The number of rotatable bonds is 8. The topological polar surface area (TPSA) is 55.2 Å². The van der Waals surface area contributed by atoms with Crippen molar-refractivity contribution in [1.82, 2.24) is 9.80 Å². The molecule has 0 N–H and O–H groups in total. The van der Waals surface area contributed by atoms with Gasteiger partial charge in [0.1, 0.15) is 23.0 Å². The summed E-state index contributed by atoms with van der Waals surface area (Å²) in [7, 11) is 2.11. The van der Waals surface area contributed by atoms with Crippen molar-refractivity contribution in [3.8, 4) is 17.2 Å². The molecule has 1 aromatic heterocycles. The average Bonchev–Trinajstić information content (AvgIpc) is 3.32. The maximum Gasteiger partial charge on any atom is 0.261 e.